The molecule has 13 heavy (non-hydrogen) atoms. The largest absolute Gasteiger partial charge is 0.378 e. The fourth-order valence-corrected chi connectivity index (χ4v) is 1.35. The van der Waals surface area contributed by atoms with Gasteiger partial charge in [-0.2, -0.15) is 0 Å². The van der Waals surface area contributed by atoms with Gasteiger partial charge in [-0.05, 0) is 0 Å². The third kappa shape index (κ3) is 2.44. The van der Waals surface area contributed by atoms with Crippen LogP contribution in [0.5, 0.6) is 0 Å². The van der Waals surface area contributed by atoms with E-state index in [1.54, 1.807) is 7.05 Å². The lowest BCUT2D eigenvalue weighted by Crippen LogP contribution is -2.53. The molecule has 1 heterocycles. The van der Waals surface area contributed by atoms with Crippen LogP contribution < -0.4 is 5.32 Å². The zero-order valence-corrected chi connectivity index (χ0v) is 7.75. The summed E-state index contributed by atoms with van der Waals surface area (Å²) >= 11 is 0. The summed E-state index contributed by atoms with van der Waals surface area (Å²) in [5.41, 5.74) is 0. The van der Waals surface area contributed by atoms with Gasteiger partial charge in [0.25, 0.3) is 0 Å². The first kappa shape index (κ1) is 10.0. The zero-order valence-electron chi connectivity index (χ0n) is 7.75. The molecule has 4 nitrogen and oxygen atoms in total. The maximum atomic E-state index is 11.4. The highest BCUT2D eigenvalue weighted by atomic mass is 16.5. The lowest BCUT2D eigenvalue weighted by Gasteiger charge is -2.32. The standard InChI is InChI=1S/C9H14N2O2/c1-3-4-11-5-6-13-7-8(11)9(12)10-2/h1,8H,4-7H2,2H3,(H,10,12). The molecule has 1 saturated heterocycles. The summed E-state index contributed by atoms with van der Waals surface area (Å²) in [6.45, 7) is 2.31. The van der Waals surface area contributed by atoms with Crippen LogP contribution in [0, 0.1) is 12.3 Å². The summed E-state index contributed by atoms with van der Waals surface area (Å²) in [7, 11) is 1.62. The van der Waals surface area contributed by atoms with Crippen molar-refractivity contribution in [2.24, 2.45) is 0 Å². The summed E-state index contributed by atoms with van der Waals surface area (Å²) in [6.07, 6.45) is 5.20. The van der Waals surface area contributed by atoms with Crippen molar-refractivity contribution in [3.8, 4) is 12.3 Å². The maximum Gasteiger partial charge on any atom is 0.239 e. The molecule has 1 atom stereocenters. The lowest BCUT2D eigenvalue weighted by molar-refractivity contribution is -0.131. The van der Waals surface area contributed by atoms with Crippen LogP contribution in [0.4, 0.5) is 0 Å². The molecule has 1 fully saturated rings. The van der Waals surface area contributed by atoms with Gasteiger partial charge in [0.15, 0.2) is 0 Å². The molecule has 72 valence electrons. The predicted octanol–water partition coefficient (Wildman–Crippen LogP) is -0.934. The first-order valence-corrected chi connectivity index (χ1v) is 4.26. The smallest absolute Gasteiger partial charge is 0.239 e. The average Bonchev–Trinajstić information content (AvgIpc) is 2.18. The van der Waals surface area contributed by atoms with Gasteiger partial charge in [0, 0.05) is 13.6 Å². The summed E-state index contributed by atoms with van der Waals surface area (Å²) < 4.78 is 5.21. The number of nitrogens with zero attached hydrogens (tertiary/aromatic N) is 1. The van der Waals surface area contributed by atoms with Crippen LogP contribution in [0.15, 0.2) is 0 Å². The summed E-state index contributed by atoms with van der Waals surface area (Å²) in [5, 5.41) is 2.59. The number of carbonyl (C=O) groups excluding carboxylic acids is 1. The number of hydrogen-bond donors (Lipinski definition) is 1. The van der Waals surface area contributed by atoms with E-state index in [1.807, 2.05) is 4.90 Å². The minimum Gasteiger partial charge on any atom is -0.378 e. The van der Waals surface area contributed by atoms with Crippen LogP contribution in [-0.2, 0) is 9.53 Å². The molecule has 1 N–H and O–H groups in total. The number of nitrogens with one attached hydrogen (secondary N) is 1. The third-order valence-electron chi connectivity index (χ3n) is 2.08. The van der Waals surface area contributed by atoms with Gasteiger partial charge < -0.3 is 10.1 Å². The molecule has 1 aliphatic heterocycles. The Morgan fingerprint density at radius 3 is 3.23 bits per heavy atom. The van der Waals surface area contributed by atoms with Gasteiger partial charge in [-0.3, -0.25) is 9.69 Å². The first-order chi connectivity index (χ1) is 6.29. The van der Waals surface area contributed by atoms with Crippen molar-refractivity contribution in [2.75, 3.05) is 33.4 Å². The lowest BCUT2D eigenvalue weighted by atomic mass is 10.2. The van der Waals surface area contributed by atoms with E-state index in [2.05, 4.69) is 11.2 Å². The van der Waals surface area contributed by atoms with Crippen molar-refractivity contribution in [1.82, 2.24) is 10.2 Å². The van der Waals surface area contributed by atoms with Crippen molar-refractivity contribution in [3.05, 3.63) is 0 Å². The van der Waals surface area contributed by atoms with Gasteiger partial charge in [-0.1, -0.05) is 5.92 Å². The van der Waals surface area contributed by atoms with Crippen LogP contribution in [0.1, 0.15) is 0 Å². The Morgan fingerprint density at radius 1 is 1.85 bits per heavy atom. The van der Waals surface area contributed by atoms with Crippen LogP contribution in [0.3, 0.4) is 0 Å². The van der Waals surface area contributed by atoms with E-state index in [9.17, 15) is 4.79 Å². The Morgan fingerprint density at radius 2 is 2.62 bits per heavy atom. The van der Waals surface area contributed by atoms with Gasteiger partial charge in [0.1, 0.15) is 6.04 Å². The molecular formula is C9H14N2O2. The van der Waals surface area contributed by atoms with E-state index in [1.165, 1.54) is 0 Å². The molecule has 1 amide bonds. The molecule has 1 unspecified atom stereocenters. The summed E-state index contributed by atoms with van der Waals surface area (Å²) in [5.74, 6) is 2.50. The molecule has 0 radical (unpaired) electrons. The van der Waals surface area contributed by atoms with E-state index in [4.69, 9.17) is 11.2 Å². The Kier molecular flexibility index (Phi) is 3.74. The number of morpholine rings is 1. The summed E-state index contributed by atoms with van der Waals surface area (Å²) in [6, 6.07) is -0.227. The number of rotatable bonds is 2. The average molecular weight is 182 g/mol. The van der Waals surface area contributed by atoms with Gasteiger partial charge in [-0.15, -0.1) is 6.42 Å². The van der Waals surface area contributed by atoms with Crippen molar-refractivity contribution >= 4 is 5.91 Å². The molecule has 0 aromatic carbocycles. The van der Waals surface area contributed by atoms with Crippen LogP contribution in [-0.4, -0.2) is 50.2 Å². The number of hydrogen-bond acceptors (Lipinski definition) is 3. The fraction of sp³-hybridized carbons (Fsp3) is 0.667. The number of amides is 1. The highest BCUT2D eigenvalue weighted by Crippen LogP contribution is 2.05. The van der Waals surface area contributed by atoms with E-state index in [0.717, 1.165) is 6.54 Å². The van der Waals surface area contributed by atoms with Crippen molar-refractivity contribution < 1.29 is 9.53 Å². The molecule has 0 aliphatic carbocycles. The fourth-order valence-electron chi connectivity index (χ4n) is 1.35. The zero-order chi connectivity index (χ0) is 9.68. The quantitative estimate of drug-likeness (QED) is 0.561. The van der Waals surface area contributed by atoms with Crippen LogP contribution in [0.2, 0.25) is 0 Å². The minimum absolute atomic E-state index is 0.0325. The van der Waals surface area contributed by atoms with Crippen LogP contribution >= 0.6 is 0 Å². The van der Waals surface area contributed by atoms with Gasteiger partial charge >= 0.3 is 0 Å². The molecule has 0 aromatic heterocycles. The van der Waals surface area contributed by atoms with Gasteiger partial charge in [-0.25, -0.2) is 0 Å². The molecule has 4 heteroatoms. The van der Waals surface area contributed by atoms with Gasteiger partial charge in [0.2, 0.25) is 5.91 Å². The van der Waals surface area contributed by atoms with Crippen molar-refractivity contribution in [3.63, 3.8) is 0 Å². The highest BCUT2D eigenvalue weighted by molar-refractivity contribution is 5.81. The number of terminal acetylenes is 1. The van der Waals surface area contributed by atoms with Crippen molar-refractivity contribution in [1.29, 1.82) is 0 Å². The molecule has 0 saturated carbocycles. The number of likely N-dealkylation sites (N-methyl/N-ethyl adjacent to an activating group) is 1. The van der Waals surface area contributed by atoms with Gasteiger partial charge in [0.05, 0.1) is 19.8 Å². The van der Waals surface area contributed by atoms with Crippen LogP contribution in [0.25, 0.3) is 0 Å². The van der Waals surface area contributed by atoms with E-state index in [-0.39, 0.29) is 11.9 Å². The molecule has 0 bridgehead atoms. The second kappa shape index (κ2) is 4.85. The molecule has 0 aromatic rings. The first-order valence-electron chi connectivity index (χ1n) is 4.26. The highest BCUT2D eigenvalue weighted by Gasteiger charge is 2.27. The Hall–Kier alpha value is -1.05. The summed E-state index contributed by atoms with van der Waals surface area (Å²) in [4.78, 5) is 13.3. The Bertz CT molecular complexity index is 222. The molecule has 1 aliphatic rings. The van der Waals surface area contributed by atoms with E-state index in [0.29, 0.717) is 19.8 Å². The molecule has 0 spiro atoms. The predicted molar refractivity (Wildman–Crippen MR) is 49.1 cm³/mol. The maximum absolute atomic E-state index is 11.4. The van der Waals surface area contributed by atoms with Crippen molar-refractivity contribution in [2.45, 2.75) is 6.04 Å². The van der Waals surface area contributed by atoms with E-state index >= 15 is 0 Å². The second-order valence-electron chi connectivity index (χ2n) is 2.88. The number of carbonyl (C=O) groups is 1. The monoisotopic (exact) mass is 182 g/mol. The normalized spacial score (nSPS) is 23.5. The third-order valence-corrected chi connectivity index (χ3v) is 2.08. The second-order valence-corrected chi connectivity index (χ2v) is 2.88. The number of ether oxygens (including phenoxy) is 1. The Balaban J connectivity index is 2.57. The SMILES string of the molecule is C#CCN1CCOCC1C(=O)NC. The topological polar surface area (TPSA) is 41.6 Å². The molecule has 1 rings (SSSR count). The Labute approximate surface area is 78.2 Å². The van der Waals surface area contributed by atoms with E-state index < -0.39 is 0 Å². The molecular weight excluding hydrogens is 168 g/mol. The minimum atomic E-state index is -0.227.